The Morgan fingerprint density at radius 2 is 1.21 bits per heavy atom. The van der Waals surface area contributed by atoms with E-state index in [1.54, 1.807) is 16.2 Å². The number of benzene rings is 2. The summed E-state index contributed by atoms with van der Waals surface area (Å²) in [5.74, 6) is 0. The van der Waals surface area contributed by atoms with Crippen molar-refractivity contribution in [2.24, 2.45) is 0 Å². The lowest BCUT2D eigenvalue weighted by Gasteiger charge is -2.14. The molecule has 0 aliphatic heterocycles. The highest BCUT2D eigenvalue weighted by atomic mass is 31.1. The van der Waals surface area contributed by atoms with Crippen LogP contribution in [0, 0.1) is 6.92 Å². The molecule has 0 N–H and O–H groups in total. The molecule has 0 fully saturated rings. The van der Waals surface area contributed by atoms with Crippen molar-refractivity contribution in [3.05, 3.63) is 59.7 Å². The quantitative estimate of drug-likeness (QED) is 0.542. The van der Waals surface area contributed by atoms with Gasteiger partial charge < -0.3 is 0 Å². The number of aryl methyl sites for hydroxylation is 2. The van der Waals surface area contributed by atoms with Crippen LogP contribution < -0.4 is 10.6 Å². The van der Waals surface area contributed by atoms with Gasteiger partial charge >= 0.3 is 0 Å². The van der Waals surface area contributed by atoms with E-state index in [1.807, 2.05) is 0 Å². The Bertz CT molecular complexity index is 592. The van der Waals surface area contributed by atoms with E-state index in [9.17, 15) is 0 Å². The van der Waals surface area contributed by atoms with E-state index in [2.05, 4.69) is 89.6 Å². The van der Waals surface area contributed by atoms with Crippen LogP contribution in [0.4, 0.5) is 0 Å². The van der Waals surface area contributed by atoms with Crippen LogP contribution in [0.5, 0.6) is 0 Å². The van der Waals surface area contributed by atoms with Crippen LogP contribution in [0.25, 0.3) is 0 Å². The van der Waals surface area contributed by atoms with E-state index in [0.29, 0.717) is 0 Å². The molecule has 2 heteroatoms. The predicted molar refractivity (Wildman–Crippen MR) is 118 cm³/mol. The largest absolute Gasteiger partial charge is 0.0785 e. The monoisotopic (exact) mass is 360 g/mol. The van der Waals surface area contributed by atoms with Gasteiger partial charge in [0.1, 0.15) is 0 Å². The summed E-state index contributed by atoms with van der Waals surface area (Å²) >= 11 is 0. The second-order valence-electron chi connectivity index (χ2n) is 6.19. The maximum atomic E-state index is 2.38. The van der Waals surface area contributed by atoms with Gasteiger partial charge in [0.2, 0.25) is 0 Å². The van der Waals surface area contributed by atoms with Gasteiger partial charge in [0.15, 0.2) is 0 Å². The fourth-order valence-corrected chi connectivity index (χ4v) is 5.41. The van der Waals surface area contributed by atoms with Crippen LogP contribution in [-0.4, -0.2) is 25.7 Å². The van der Waals surface area contributed by atoms with Crippen molar-refractivity contribution in [3.8, 4) is 0 Å². The Labute approximate surface area is 152 Å². The lowest BCUT2D eigenvalue weighted by Crippen LogP contribution is -2.08. The molecule has 0 bridgehead atoms. The molecule has 0 radical (unpaired) electrons. The maximum Gasteiger partial charge on any atom is -0.0211 e. The van der Waals surface area contributed by atoms with Crippen molar-refractivity contribution in [2.75, 3.05) is 25.7 Å². The molecule has 0 aliphatic rings. The summed E-state index contributed by atoms with van der Waals surface area (Å²) in [6.45, 7) is 13.7. The number of hydrogen-bond acceptors (Lipinski definition) is 0. The summed E-state index contributed by atoms with van der Waals surface area (Å²) in [6.07, 6.45) is 5.09. The van der Waals surface area contributed by atoms with Gasteiger partial charge in [0.25, 0.3) is 0 Å². The molecule has 0 aliphatic carbocycles. The van der Waals surface area contributed by atoms with Crippen LogP contribution in [0.15, 0.2) is 48.5 Å². The minimum atomic E-state index is 0.0942. The van der Waals surface area contributed by atoms with E-state index >= 15 is 0 Å². The average Bonchev–Trinajstić information content (AvgIpc) is 2.62. The molecule has 0 nitrogen and oxygen atoms in total. The van der Waals surface area contributed by atoms with E-state index in [-0.39, 0.29) is 15.8 Å². The zero-order chi connectivity index (χ0) is 17.9. The SMILES string of the molecule is CCCc1ccccc1P(C)CC.CCP(C)c1ccccc1C. The van der Waals surface area contributed by atoms with Crippen LogP contribution in [0.2, 0.25) is 0 Å². The summed E-state index contributed by atoms with van der Waals surface area (Å²) in [4.78, 5) is 0. The minimum Gasteiger partial charge on any atom is -0.0785 e. The first-order chi connectivity index (χ1) is 11.5. The van der Waals surface area contributed by atoms with Crippen LogP contribution in [0.3, 0.4) is 0 Å². The van der Waals surface area contributed by atoms with Crippen molar-refractivity contribution in [3.63, 3.8) is 0 Å². The fraction of sp³-hybridized carbons (Fsp3) is 0.455. The molecule has 24 heavy (non-hydrogen) atoms. The molecule has 132 valence electrons. The average molecular weight is 360 g/mol. The van der Waals surface area contributed by atoms with Gasteiger partial charge in [0, 0.05) is 0 Å². The first-order valence-corrected chi connectivity index (χ1v) is 13.1. The second-order valence-corrected chi connectivity index (χ2v) is 11.2. The summed E-state index contributed by atoms with van der Waals surface area (Å²) in [6, 6.07) is 17.6. The van der Waals surface area contributed by atoms with E-state index in [4.69, 9.17) is 0 Å². The molecule has 2 unspecified atom stereocenters. The van der Waals surface area contributed by atoms with E-state index in [1.165, 1.54) is 30.7 Å². The lowest BCUT2D eigenvalue weighted by molar-refractivity contribution is 0.927. The first kappa shape index (κ1) is 21.3. The van der Waals surface area contributed by atoms with Gasteiger partial charge in [-0.2, -0.15) is 0 Å². The summed E-state index contributed by atoms with van der Waals surface area (Å²) in [5, 5.41) is 3.17. The lowest BCUT2D eigenvalue weighted by atomic mass is 10.1. The molecule has 2 aromatic rings. The predicted octanol–water partition coefficient (Wildman–Crippen LogP) is 6.15. The standard InChI is InChI=1S/C12H19P.C10H15P/c1-4-8-11-9-6-7-10-12(11)13(3)5-2;1-4-11(3)10-8-6-5-7-9(10)2/h6-7,9-10H,4-5,8H2,1-3H3;5-8H,4H2,1-3H3. The highest BCUT2D eigenvalue weighted by Crippen LogP contribution is 2.30. The highest BCUT2D eigenvalue weighted by Gasteiger charge is 2.06. The third-order valence-corrected chi connectivity index (χ3v) is 8.88. The van der Waals surface area contributed by atoms with Crippen molar-refractivity contribution in [1.82, 2.24) is 0 Å². The van der Waals surface area contributed by atoms with Crippen molar-refractivity contribution in [1.29, 1.82) is 0 Å². The van der Waals surface area contributed by atoms with Crippen LogP contribution >= 0.6 is 15.8 Å². The van der Waals surface area contributed by atoms with Gasteiger partial charge in [0.05, 0.1) is 0 Å². The Balaban J connectivity index is 0.000000243. The molecular formula is C22H34P2. The summed E-state index contributed by atoms with van der Waals surface area (Å²) in [7, 11) is 0.200. The molecule has 2 atom stereocenters. The van der Waals surface area contributed by atoms with Gasteiger partial charge in [-0.15, -0.1) is 0 Å². The zero-order valence-corrected chi connectivity index (χ0v) is 18.1. The maximum absolute atomic E-state index is 2.38. The molecule has 0 aromatic heterocycles. The topological polar surface area (TPSA) is 0 Å². The molecular weight excluding hydrogens is 326 g/mol. The molecule has 2 aromatic carbocycles. The molecule has 0 spiro atoms. The second kappa shape index (κ2) is 11.8. The van der Waals surface area contributed by atoms with Crippen LogP contribution in [0.1, 0.15) is 38.3 Å². The third-order valence-electron chi connectivity index (χ3n) is 4.40. The third kappa shape index (κ3) is 6.66. The number of hydrogen-bond donors (Lipinski definition) is 0. The van der Waals surface area contributed by atoms with Crippen LogP contribution in [-0.2, 0) is 6.42 Å². The van der Waals surface area contributed by atoms with Crippen molar-refractivity contribution in [2.45, 2.75) is 40.5 Å². The molecule has 0 amide bonds. The summed E-state index contributed by atoms with van der Waals surface area (Å²) < 4.78 is 0. The molecule has 0 saturated carbocycles. The van der Waals surface area contributed by atoms with E-state index in [0.717, 1.165) is 0 Å². The van der Waals surface area contributed by atoms with Crippen molar-refractivity contribution < 1.29 is 0 Å². The zero-order valence-electron chi connectivity index (χ0n) is 16.3. The Morgan fingerprint density at radius 1 is 0.708 bits per heavy atom. The van der Waals surface area contributed by atoms with Gasteiger partial charge in [-0.05, 0) is 60.7 Å². The Morgan fingerprint density at radius 3 is 1.75 bits per heavy atom. The molecule has 0 saturated heterocycles. The Hall–Kier alpha value is -0.700. The smallest absolute Gasteiger partial charge is 0.0211 e. The summed E-state index contributed by atoms with van der Waals surface area (Å²) in [5.41, 5.74) is 3.02. The molecule has 2 rings (SSSR count). The van der Waals surface area contributed by atoms with Gasteiger partial charge in [-0.3, -0.25) is 0 Å². The van der Waals surface area contributed by atoms with Crippen molar-refractivity contribution >= 4 is 26.5 Å². The van der Waals surface area contributed by atoms with E-state index < -0.39 is 0 Å². The normalized spacial score (nSPS) is 12.9. The minimum absolute atomic E-state index is 0.0942. The Kier molecular flexibility index (Phi) is 10.5. The molecule has 0 heterocycles. The van der Waals surface area contributed by atoms with Gasteiger partial charge in [-0.1, -0.05) is 91.6 Å². The first-order valence-electron chi connectivity index (χ1n) is 9.10. The van der Waals surface area contributed by atoms with Gasteiger partial charge in [-0.25, -0.2) is 0 Å². The number of rotatable bonds is 6. The highest BCUT2D eigenvalue weighted by molar-refractivity contribution is 7.65. The fourth-order valence-electron chi connectivity index (χ4n) is 2.70.